The number of carbonyl (C=O) groups excluding carboxylic acids is 1. The van der Waals surface area contributed by atoms with E-state index in [0.29, 0.717) is 35.4 Å². The lowest BCUT2D eigenvalue weighted by atomic mass is 9.99. The SMILES string of the molecule is O=C(c1cnn2cc(-c3ncccc3F)ccc12)N1CCc2[nH]cnc2[C@H]1c1cc2ccccc2o1. The van der Waals surface area contributed by atoms with Gasteiger partial charge in [-0.15, -0.1) is 0 Å². The number of carbonyl (C=O) groups is 1. The molecule has 0 saturated heterocycles. The van der Waals surface area contributed by atoms with Gasteiger partial charge < -0.3 is 14.3 Å². The first-order chi connectivity index (χ1) is 17.7. The number of pyridine rings is 2. The zero-order valence-electron chi connectivity index (χ0n) is 18.9. The van der Waals surface area contributed by atoms with Crippen LogP contribution in [0.2, 0.25) is 0 Å². The highest BCUT2D eigenvalue weighted by Crippen LogP contribution is 2.37. The number of halogens is 1. The molecule has 7 rings (SSSR count). The van der Waals surface area contributed by atoms with E-state index in [1.807, 2.05) is 30.3 Å². The number of H-pyrrole nitrogens is 1. The van der Waals surface area contributed by atoms with Crippen molar-refractivity contribution in [3.05, 3.63) is 108 Å². The van der Waals surface area contributed by atoms with Gasteiger partial charge in [0.1, 0.15) is 28.9 Å². The number of nitrogens with zero attached hydrogens (tertiary/aromatic N) is 5. The number of para-hydroxylation sites is 1. The Morgan fingerprint density at radius 2 is 2.03 bits per heavy atom. The largest absolute Gasteiger partial charge is 0.458 e. The number of aromatic nitrogens is 5. The van der Waals surface area contributed by atoms with E-state index in [0.717, 1.165) is 22.4 Å². The van der Waals surface area contributed by atoms with Crippen LogP contribution >= 0.6 is 0 Å². The van der Waals surface area contributed by atoms with Crippen LogP contribution in [0.25, 0.3) is 27.7 Å². The molecule has 0 fully saturated rings. The van der Waals surface area contributed by atoms with Gasteiger partial charge in [0.25, 0.3) is 5.91 Å². The maximum Gasteiger partial charge on any atom is 0.258 e. The molecule has 5 aromatic heterocycles. The van der Waals surface area contributed by atoms with E-state index in [1.54, 1.807) is 52.5 Å². The second kappa shape index (κ2) is 7.88. The first-order valence-electron chi connectivity index (χ1n) is 11.6. The summed E-state index contributed by atoms with van der Waals surface area (Å²) in [5, 5.41) is 5.36. The highest BCUT2D eigenvalue weighted by molar-refractivity contribution is 6.01. The molecule has 9 heteroatoms. The molecule has 0 unspecified atom stereocenters. The Hall–Kier alpha value is -4.79. The molecule has 1 aromatic carbocycles. The molecule has 1 N–H and O–H groups in total. The average molecular weight is 478 g/mol. The third-order valence-electron chi connectivity index (χ3n) is 6.68. The van der Waals surface area contributed by atoms with E-state index >= 15 is 0 Å². The van der Waals surface area contributed by atoms with Crippen LogP contribution in [0.3, 0.4) is 0 Å². The molecule has 0 aliphatic carbocycles. The molecule has 0 bridgehead atoms. The summed E-state index contributed by atoms with van der Waals surface area (Å²) in [5.41, 5.74) is 4.40. The molecular weight excluding hydrogens is 459 g/mol. The van der Waals surface area contributed by atoms with Crippen molar-refractivity contribution < 1.29 is 13.6 Å². The zero-order valence-corrected chi connectivity index (χ0v) is 18.9. The van der Waals surface area contributed by atoms with Crippen LogP contribution in [0.4, 0.5) is 4.39 Å². The molecule has 0 spiro atoms. The van der Waals surface area contributed by atoms with Crippen molar-refractivity contribution in [2.45, 2.75) is 12.5 Å². The summed E-state index contributed by atoms with van der Waals surface area (Å²) in [7, 11) is 0. The fourth-order valence-electron chi connectivity index (χ4n) is 4.96. The van der Waals surface area contributed by atoms with Gasteiger partial charge in [-0.25, -0.2) is 13.9 Å². The highest BCUT2D eigenvalue weighted by atomic mass is 19.1. The van der Waals surface area contributed by atoms with Crippen molar-refractivity contribution >= 4 is 22.4 Å². The van der Waals surface area contributed by atoms with E-state index in [-0.39, 0.29) is 11.6 Å². The monoisotopic (exact) mass is 478 g/mol. The van der Waals surface area contributed by atoms with Gasteiger partial charge in [0, 0.05) is 42.0 Å². The van der Waals surface area contributed by atoms with Crippen LogP contribution in [0, 0.1) is 5.82 Å². The Bertz CT molecular complexity index is 1730. The molecule has 6 heterocycles. The van der Waals surface area contributed by atoms with Crippen molar-refractivity contribution in [1.29, 1.82) is 0 Å². The first kappa shape index (κ1) is 20.6. The number of nitrogens with one attached hydrogen (secondary N) is 1. The fraction of sp³-hybridized carbons (Fsp3) is 0.111. The molecule has 1 atom stereocenters. The number of furan rings is 1. The number of rotatable bonds is 3. The average Bonchev–Trinajstić information content (AvgIpc) is 3.65. The van der Waals surface area contributed by atoms with Gasteiger partial charge in [-0.3, -0.25) is 9.78 Å². The van der Waals surface area contributed by atoms with Crippen molar-refractivity contribution in [3.63, 3.8) is 0 Å². The molecule has 0 radical (unpaired) electrons. The lowest BCUT2D eigenvalue weighted by Gasteiger charge is -2.33. The fourth-order valence-corrected chi connectivity index (χ4v) is 4.96. The Kier molecular flexibility index (Phi) is 4.50. The minimum Gasteiger partial charge on any atom is -0.458 e. The number of amides is 1. The van der Waals surface area contributed by atoms with Crippen molar-refractivity contribution in [1.82, 2.24) is 29.5 Å². The van der Waals surface area contributed by atoms with Crippen molar-refractivity contribution in [2.75, 3.05) is 6.54 Å². The van der Waals surface area contributed by atoms with Crippen LogP contribution in [0.1, 0.15) is 33.5 Å². The molecule has 36 heavy (non-hydrogen) atoms. The summed E-state index contributed by atoms with van der Waals surface area (Å²) >= 11 is 0. The number of benzene rings is 1. The molecule has 1 aliphatic rings. The van der Waals surface area contributed by atoms with Crippen molar-refractivity contribution in [3.8, 4) is 11.3 Å². The second-order valence-electron chi connectivity index (χ2n) is 8.74. The van der Waals surface area contributed by atoms with Crippen molar-refractivity contribution in [2.24, 2.45) is 0 Å². The normalized spacial score (nSPS) is 15.5. The van der Waals surface area contributed by atoms with Gasteiger partial charge in [0.15, 0.2) is 0 Å². The molecule has 6 aromatic rings. The van der Waals surface area contributed by atoms with E-state index in [2.05, 4.69) is 20.1 Å². The minimum atomic E-state index is -0.475. The number of aromatic amines is 1. The molecule has 8 nitrogen and oxygen atoms in total. The molecule has 0 saturated carbocycles. The highest BCUT2D eigenvalue weighted by Gasteiger charge is 2.37. The third-order valence-corrected chi connectivity index (χ3v) is 6.68. The van der Waals surface area contributed by atoms with E-state index in [1.165, 1.54) is 6.07 Å². The first-order valence-corrected chi connectivity index (χ1v) is 11.6. The van der Waals surface area contributed by atoms with Crippen LogP contribution in [0.15, 0.2) is 83.9 Å². The summed E-state index contributed by atoms with van der Waals surface area (Å²) in [6.45, 7) is 0.490. The number of imidazole rings is 1. The van der Waals surface area contributed by atoms with E-state index < -0.39 is 11.9 Å². The van der Waals surface area contributed by atoms with Crippen LogP contribution in [-0.4, -0.2) is 41.9 Å². The summed E-state index contributed by atoms with van der Waals surface area (Å²) in [4.78, 5) is 27.6. The second-order valence-corrected chi connectivity index (χ2v) is 8.74. The zero-order chi connectivity index (χ0) is 24.2. The van der Waals surface area contributed by atoms with Gasteiger partial charge >= 0.3 is 0 Å². The summed E-state index contributed by atoms with van der Waals surface area (Å²) in [6, 6.07) is 15.7. The van der Waals surface area contributed by atoms with Gasteiger partial charge in [0.05, 0.1) is 29.3 Å². The smallest absolute Gasteiger partial charge is 0.258 e. The molecule has 1 amide bonds. The van der Waals surface area contributed by atoms with Gasteiger partial charge in [-0.1, -0.05) is 18.2 Å². The summed E-state index contributed by atoms with van der Waals surface area (Å²) in [5.74, 6) is 0.0555. The molecule has 176 valence electrons. The third kappa shape index (κ3) is 3.13. The van der Waals surface area contributed by atoms with E-state index in [9.17, 15) is 9.18 Å². The Morgan fingerprint density at radius 1 is 1.11 bits per heavy atom. The van der Waals surface area contributed by atoms with Gasteiger partial charge in [0.2, 0.25) is 0 Å². The minimum absolute atomic E-state index is 0.180. The Labute approximate surface area is 204 Å². The van der Waals surface area contributed by atoms with Gasteiger partial charge in [-0.2, -0.15) is 5.10 Å². The Morgan fingerprint density at radius 3 is 2.92 bits per heavy atom. The number of fused-ring (bicyclic) bond motifs is 3. The maximum atomic E-state index is 14.3. The molecule has 1 aliphatic heterocycles. The van der Waals surface area contributed by atoms with Crippen LogP contribution in [0.5, 0.6) is 0 Å². The standard InChI is InChI=1S/C27H19FN6O2/c28-19-5-3-10-29-24(19)17-7-8-21-18(13-32-34(21)14-17)27(35)33-11-9-20-25(31-15-30-20)26(33)23-12-16-4-1-2-6-22(16)36-23/h1-8,10,12-15,26H,9,11H2,(H,30,31)/t26-/m1/s1. The van der Waals surface area contributed by atoms with Crippen LogP contribution in [-0.2, 0) is 6.42 Å². The lowest BCUT2D eigenvalue weighted by Crippen LogP contribution is -2.40. The maximum absolute atomic E-state index is 14.3. The van der Waals surface area contributed by atoms with E-state index in [4.69, 9.17) is 4.42 Å². The van der Waals surface area contributed by atoms with Gasteiger partial charge in [-0.05, 0) is 36.4 Å². The molecular formula is C27H19FN6O2. The summed E-state index contributed by atoms with van der Waals surface area (Å²) < 4.78 is 22.0. The Balaban J connectivity index is 1.30. The van der Waals surface area contributed by atoms with Crippen LogP contribution < -0.4 is 0 Å². The predicted molar refractivity (Wildman–Crippen MR) is 130 cm³/mol. The predicted octanol–water partition coefficient (Wildman–Crippen LogP) is 4.79. The number of hydrogen-bond acceptors (Lipinski definition) is 5. The quantitative estimate of drug-likeness (QED) is 0.395. The number of hydrogen-bond donors (Lipinski definition) is 1. The topological polar surface area (TPSA) is 92.3 Å². The summed E-state index contributed by atoms with van der Waals surface area (Å²) in [6.07, 6.45) is 7.07. The lowest BCUT2D eigenvalue weighted by molar-refractivity contribution is 0.0675.